The zero-order valence-electron chi connectivity index (χ0n) is 6.45. The van der Waals surface area contributed by atoms with E-state index in [1.54, 1.807) is 13.0 Å². The van der Waals surface area contributed by atoms with E-state index in [2.05, 4.69) is 11.3 Å². The van der Waals surface area contributed by atoms with Crippen LogP contribution >= 0.6 is 0 Å². The van der Waals surface area contributed by atoms with Crippen molar-refractivity contribution in [3.8, 4) is 0 Å². The minimum absolute atomic E-state index is 0.262. The molecule has 0 bridgehead atoms. The van der Waals surface area contributed by atoms with Crippen LogP contribution in [0.25, 0.3) is 0 Å². The molecule has 0 aliphatic heterocycles. The fraction of sp³-hybridized carbons (Fsp3) is 0.571. The van der Waals surface area contributed by atoms with Crippen molar-refractivity contribution < 1.29 is 19.4 Å². The normalized spacial score (nSPS) is 12.1. The maximum absolute atomic E-state index is 9.94. The second-order valence-electron chi connectivity index (χ2n) is 2.02. The lowest BCUT2D eigenvalue weighted by Crippen LogP contribution is -2.19. The first-order valence-corrected chi connectivity index (χ1v) is 3.25. The predicted octanol–water partition coefficient (Wildman–Crippen LogP) is 1.27. The van der Waals surface area contributed by atoms with Gasteiger partial charge in [-0.25, -0.2) is 4.79 Å². The van der Waals surface area contributed by atoms with Crippen molar-refractivity contribution in [1.82, 2.24) is 0 Å². The van der Waals surface area contributed by atoms with Crippen LogP contribution in [0.2, 0.25) is 0 Å². The Bertz CT molecular complexity index is 132. The Morgan fingerprint density at radius 1 is 1.82 bits per heavy atom. The Hall–Kier alpha value is -1.03. The minimum Gasteiger partial charge on any atom is -0.450 e. The fourth-order valence-corrected chi connectivity index (χ4v) is 0.523. The Morgan fingerprint density at radius 2 is 2.45 bits per heavy atom. The lowest BCUT2D eigenvalue weighted by Gasteiger charge is -2.09. The van der Waals surface area contributed by atoms with Crippen LogP contribution in [0.5, 0.6) is 0 Å². The third-order valence-electron chi connectivity index (χ3n) is 0.890. The summed E-state index contributed by atoms with van der Waals surface area (Å²) in [5, 5.41) is 8.14. The first kappa shape index (κ1) is 9.97. The summed E-state index contributed by atoms with van der Waals surface area (Å²) in [5.74, 6) is 0. The number of rotatable bonds is 5. The minimum atomic E-state index is -1.28. The van der Waals surface area contributed by atoms with Gasteiger partial charge in [-0.3, -0.25) is 0 Å². The van der Waals surface area contributed by atoms with Crippen molar-refractivity contribution in [3.05, 3.63) is 12.7 Å². The molecule has 0 aromatic carbocycles. The van der Waals surface area contributed by atoms with Gasteiger partial charge in [0.05, 0.1) is 13.2 Å². The van der Waals surface area contributed by atoms with Crippen molar-refractivity contribution >= 4 is 6.16 Å². The molecule has 0 spiro atoms. The van der Waals surface area contributed by atoms with Gasteiger partial charge in [0.1, 0.15) is 6.10 Å². The van der Waals surface area contributed by atoms with Gasteiger partial charge in [-0.2, -0.15) is 0 Å². The highest BCUT2D eigenvalue weighted by Crippen LogP contribution is 1.92. The average molecular weight is 160 g/mol. The molecular weight excluding hydrogens is 148 g/mol. The monoisotopic (exact) mass is 160 g/mol. The molecule has 4 heteroatoms. The Balaban J connectivity index is 3.28. The number of hydrogen-bond donors (Lipinski definition) is 1. The van der Waals surface area contributed by atoms with Crippen LogP contribution < -0.4 is 0 Å². The van der Waals surface area contributed by atoms with Gasteiger partial charge in [0.25, 0.3) is 0 Å². The average Bonchev–Trinajstić information content (AvgIpc) is 1.86. The maximum Gasteiger partial charge on any atom is 0.506 e. The van der Waals surface area contributed by atoms with Crippen molar-refractivity contribution in [3.63, 3.8) is 0 Å². The molecule has 0 aromatic heterocycles. The van der Waals surface area contributed by atoms with Crippen molar-refractivity contribution in [2.75, 3.05) is 13.2 Å². The summed E-state index contributed by atoms with van der Waals surface area (Å²) in [5.41, 5.74) is 0. The number of carboxylic acid groups (broad SMARTS) is 1. The Labute approximate surface area is 65.4 Å². The zero-order valence-corrected chi connectivity index (χ0v) is 6.45. The molecule has 0 amide bonds. The smallest absolute Gasteiger partial charge is 0.450 e. The lowest BCUT2D eigenvalue weighted by atomic mass is 10.4. The third kappa shape index (κ3) is 6.86. The SMILES string of the molecule is C=CCOCC(C)OC(=O)O. The highest BCUT2D eigenvalue weighted by molar-refractivity contribution is 5.56. The predicted molar refractivity (Wildman–Crippen MR) is 39.6 cm³/mol. The summed E-state index contributed by atoms with van der Waals surface area (Å²) in [6.07, 6.45) is -0.111. The van der Waals surface area contributed by atoms with Gasteiger partial charge in [-0.15, -0.1) is 6.58 Å². The Morgan fingerprint density at radius 3 is 2.91 bits per heavy atom. The number of carbonyl (C=O) groups is 1. The van der Waals surface area contributed by atoms with E-state index in [4.69, 9.17) is 9.84 Å². The summed E-state index contributed by atoms with van der Waals surface area (Å²) in [6.45, 7) is 5.73. The summed E-state index contributed by atoms with van der Waals surface area (Å²) < 4.78 is 9.29. The molecule has 1 atom stereocenters. The van der Waals surface area contributed by atoms with Gasteiger partial charge in [-0.1, -0.05) is 6.08 Å². The molecule has 1 unspecified atom stereocenters. The molecule has 0 aliphatic carbocycles. The van der Waals surface area contributed by atoms with Crippen LogP contribution in [0.3, 0.4) is 0 Å². The molecule has 0 aliphatic rings. The molecule has 0 radical (unpaired) electrons. The number of hydrogen-bond acceptors (Lipinski definition) is 3. The van der Waals surface area contributed by atoms with E-state index in [1.165, 1.54) is 0 Å². The van der Waals surface area contributed by atoms with E-state index in [-0.39, 0.29) is 6.61 Å². The van der Waals surface area contributed by atoms with Gasteiger partial charge < -0.3 is 14.6 Å². The van der Waals surface area contributed by atoms with Gasteiger partial charge in [0.15, 0.2) is 0 Å². The summed E-state index contributed by atoms with van der Waals surface area (Å²) in [7, 11) is 0. The molecule has 0 saturated carbocycles. The van der Waals surface area contributed by atoms with Crippen LogP contribution in [0, 0.1) is 0 Å². The first-order chi connectivity index (χ1) is 5.16. The standard InChI is InChI=1S/C7H12O4/c1-3-4-10-5-6(2)11-7(8)9/h3,6H,1,4-5H2,2H3,(H,8,9). The molecular formula is C7H12O4. The highest BCUT2D eigenvalue weighted by Gasteiger charge is 2.05. The molecule has 64 valence electrons. The largest absolute Gasteiger partial charge is 0.506 e. The van der Waals surface area contributed by atoms with Crippen LogP contribution in [-0.4, -0.2) is 30.6 Å². The molecule has 0 heterocycles. The van der Waals surface area contributed by atoms with Gasteiger partial charge >= 0.3 is 6.16 Å². The maximum atomic E-state index is 9.94. The van der Waals surface area contributed by atoms with Crippen molar-refractivity contribution in [2.45, 2.75) is 13.0 Å². The molecule has 0 aromatic rings. The van der Waals surface area contributed by atoms with Crippen LogP contribution in [0.1, 0.15) is 6.92 Å². The second kappa shape index (κ2) is 5.73. The van der Waals surface area contributed by atoms with E-state index >= 15 is 0 Å². The second-order valence-corrected chi connectivity index (χ2v) is 2.02. The molecule has 4 nitrogen and oxygen atoms in total. The van der Waals surface area contributed by atoms with Crippen LogP contribution in [0.15, 0.2) is 12.7 Å². The molecule has 11 heavy (non-hydrogen) atoms. The summed E-state index contributed by atoms with van der Waals surface area (Å²) in [6, 6.07) is 0. The zero-order chi connectivity index (χ0) is 8.69. The lowest BCUT2D eigenvalue weighted by molar-refractivity contribution is 0.0130. The topological polar surface area (TPSA) is 55.8 Å². The van der Waals surface area contributed by atoms with Gasteiger partial charge in [0, 0.05) is 0 Å². The number of ether oxygens (including phenoxy) is 2. The van der Waals surface area contributed by atoms with E-state index < -0.39 is 12.3 Å². The quantitative estimate of drug-likeness (QED) is 0.374. The van der Waals surface area contributed by atoms with Gasteiger partial charge in [0.2, 0.25) is 0 Å². The van der Waals surface area contributed by atoms with E-state index in [1.807, 2.05) is 0 Å². The van der Waals surface area contributed by atoms with E-state index in [0.717, 1.165) is 0 Å². The Kier molecular flexibility index (Phi) is 5.20. The first-order valence-electron chi connectivity index (χ1n) is 3.25. The fourth-order valence-electron chi connectivity index (χ4n) is 0.523. The summed E-state index contributed by atoms with van der Waals surface area (Å²) in [4.78, 5) is 9.94. The molecule has 1 N–H and O–H groups in total. The van der Waals surface area contributed by atoms with Crippen molar-refractivity contribution in [2.24, 2.45) is 0 Å². The molecule has 0 rings (SSSR count). The van der Waals surface area contributed by atoms with E-state index in [9.17, 15) is 4.79 Å². The molecule has 0 saturated heterocycles. The van der Waals surface area contributed by atoms with Crippen LogP contribution in [0.4, 0.5) is 4.79 Å². The van der Waals surface area contributed by atoms with Crippen LogP contribution in [-0.2, 0) is 9.47 Å². The van der Waals surface area contributed by atoms with E-state index in [0.29, 0.717) is 6.61 Å². The summed E-state index contributed by atoms with van der Waals surface area (Å²) >= 11 is 0. The third-order valence-corrected chi connectivity index (χ3v) is 0.890. The van der Waals surface area contributed by atoms with Crippen molar-refractivity contribution in [1.29, 1.82) is 0 Å². The highest BCUT2D eigenvalue weighted by atomic mass is 16.7. The molecule has 0 fully saturated rings. The van der Waals surface area contributed by atoms with Gasteiger partial charge in [-0.05, 0) is 6.92 Å².